The van der Waals surface area contributed by atoms with E-state index in [2.05, 4.69) is 19.9 Å². The molecule has 1 aliphatic rings. The summed E-state index contributed by atoms with van der Waals surface area (Å²) in [5, 5.41) is 15.3. The molecule has 30 heavy (non-hydrogen) atoms. The highest BCUT2D eigenvalue weighted by Gasteiger charge is 2.29. The number of benzene rings is 1. The Balaban J connectivity index is 1.72. The minimum atomic E-state index is -0.469. The van der Waals surface area contributed by atoms with Crippen molar-refractivity contribution in [3.63, 3.8) is 0 Å². The van der Waals surface area contributed by atoms with Crippen molar-refractivity contribution in [1.29, 1.82) is 0 Å². The van der Waals surface area contributed by atoms with Crippen LogP contribution in [0.5, 0.6) is 0 Å². The lowest BCUT2D eigenvalue weighted by molar-refractivity contribution is 0.0761. The third-order valence-corrected chi connectivity index (χ3v) is 5.66. The van der Waals surface area contributed by atoms with Gasteiger partial charge in [-0.2, -0.15) is 0 Å². The van der Waals surface area contributed by atoms with Gasteiger partial charge in [0.2, 0.25) is 5.65 Å². The number of rotatable bonds is 3. The summed E-state index contributed by atoms with van der Waals surface area (Å²) in [6, 6.07) is 9.70. The zero-order valence-electron chi connectivity index (χ0n) is 16.1. The fourth-order valence-electron chi connectivity index (χ4n) is 4.17. The largest absolute Gasteiger partial charge is 0.391 e. The van der Waals surface area contributed by atoms with E-state index < -0.39 is 6.10 Å². The highest BCUT2D eigenvalue weighted by atomic mass is 19.1. The number of halogens is 1. The summed E-state index contributed by atoms with van der Waals surface area (Å²) in [7, 11) is 0. The van der Waals surface area contributed by atoms with Gasteiger partial charge in [-0.1, -0.05) is 24.5 Å². The van der Waals surface area contributed by atoms with Gasteiger partial charge in [-0.25, -0.2) is 14.4 Å². The molecule has 0 aliphatic heterocycles. The summed E-state index contributed by atoms with van der Waals surface area (Å²) in [6.07, 6.45) is 6.35. The fourth-order valence-corrected chi connectivity index (χ4v) is 4.17. The minimum absolute atomic E-state index is 0.115. The Kier molecular flexibility index (Phi) is 4.52. The Morgan fingerprint density at radius 2 is 1.87 bits per heavy atom. The molecular formula is C22H19FN6O. The third-order valence-electron chi connectivity index (χ3n) is 5.66. The molecular weight excluding hydrogens is 383 g/mol. The molecule has 4 aromatic rings. The van der Waals surface area contributed by atoms with Gasteiger partial charge >= 0.3 is 0 Å². The lowest BCUT2D eigenvalue weighted by Gasteiger charge is -2.30. The second-order valence-electron chi connectivity index (χ2n) is 7.49. The van der Waals surface area contributed by atoms with Crippen molar-refractivity contribution >= 4 is 11.5 Å². The van der Waals surface area contributed by atoms with E-state index in [4.69, 9.17) is 6.57 Å². The maximum Gasteiger partial charge on any atom is 0.275 e. The topological polar surface area (TPSA) is 72.6 Å². The van der Waals surface area contributed by atoms with E-state index in [0.29, 0.717) is 22.9 Å². The molecule has 0 radical (unpaired) electrons. The molecule has 1 saturated carbocycles. The molecule has 0 bridgehead atoms. The Morgan fingerprint density at radius 3 is 2.63 bits per heavy atom. The van der Waals surface area contributed by atoms with Crippen molar-refractivity contribution in [2.24, 2.45) is 0 Å². The van der Waals surface area contributed by atoms with Crippen molar-refractivity contribution in [3.8, 4) is 22.6 Å². The minimum Gasteiger partial charge on any atom is -0.391 e. The van der Waals surface area contributed by atoms with Crippen LogP contribution in [0.4, 0.5) is 10.2 Å². The van der Waals surface area contributed by atoms with Crippen LogP contribution in [0.3, 0.4) is 0 Å². The van der Waals surface area contributed by atoms with Gasteiger partial charge in [0.1, 0.15) is 11.5 Å². The third kappa shape index (κ3) is 3.04. The van der Waals surface area contributed by atoms with Gasteiger partial charge in [0.05, 0.1) is 36.1 Å². The highest BCUT2D eigenvalue weighted by molar-refractivity contribution is 5.77. The van der Waals surface area contributed by atoms with Gasteiger partial charge in [-0.15, -0.1) is 4.52 Å². The van der Waals surface area contributed by atoms with Crippen LogP contribution in [0.2, 0.25) is 0 Å². The Bertz CT molecular complexity index is 1250. The van der Waals surface area contributed by atoms with Crippen LogP contribution in [-0.2, 0) is 0 Å². The van der Waals surface area contributed by atoms with E-state index in [1.807, 2.05) is 10.6 Å². The molecule has 3 aromatic heterocycles. The van der Waals surface area contributed by atoms with Crippen LogP contribution in [0.15, 0.2) is 48.9 Å². The maximum atomic E-state index is 13.5. The molecule has 8 heteroatoms. The highest BCUT2D eigenvalue weighted by Crippen LogP contribution is 2.37. The van der Waals surface area contributed by atoms with Crippen molar-refractivity contribution in [2.45, 2.75) is 37.8 Å². The van der Waals surface area contributed by atoms with Crippen LogP contribution in [0.1, 0.15) is 31.7 Å². The Hall–Kier alpha value is -3.57. The Morgan fingerprint density at radius 1 is 1.07 bits per heavy atom. The molecule has 1 aliphatic carbocycles. The number of hydrogen-bond acceptors (Lipinski definition) is 4. The molecule has 150 valence electrons. The van der Waals surface area contributed by atoms with Gasteiger partial charge in [0.25, 0.3) is 5.82 Å². The lowest BCUT2D eigenvalue weighted by Crippen LogP contribution is -2.27. The van der Waals surface area contributed by atoms with Crippen molar-refractivity contribution in [1.82, 2.24) is 24.1 Å². The molecule has 0 spiro atoms. The summed E-state index contributed by atoms with van der Waals surface area (Å²) in [5.41, 5.74) is 3.34. The van der Waals surface area contributed by atoms with E-state index in [0.717, 1.165) is 36.9 Å². The first-order valence-electron chi connectivity index (χ1n) is 9.89. The van der Waals surface area contributed by atoms with Crippen LogP contribution in [0.25, 0.3) is 33.1 Å². The summed E-state index contributed by atoms with van der Waals surface area (Å²) < 4.78 is 17.0. The standard InChI is InChI=1S/C22H19FN6O/c1-24-20-12-25-19-11-10-16(27-29(19)20)22-21(14-6-8-15(23)9-7-14)26-13-28(22)17-4-2-3-5-18(17)30/h6-13,17-18,30H,2-5H2. The van der Waals surface area contributed by atoms with Gasteiger partial charge in [0.15, 0.2) is 0 Å². The zero-order valence-corrected chi connectivity index (χ0v) is 16.1. The van der Waals surface area contributed by atoms with E-state index in [1.54, 1.807) is 24.5 Å². The first-order valence-corrected chi connectivity index (χ1v) is 9.89. The first-order chi connectivity index (χ1) is 14.7. The summed E-state index contributed by atoms with van der Waals surface area (Å²) in [5.74, 6) is 0.000966. The van der Waals surface area contributed by atoms with Gasteiger partial charge in [-0.3, -0.25) is 0 Å². The second-order valence-corrected chi connectivity index (χ2v) is 7.49. The number of fused-ring (bicyclic) bond motifs is 1. The number of hydrogen-bond donors (Lipinski definition) is 1. The summed E-state index contributed by atoms with van der Waals surface area (Å²) in [6.45, 7) is 7.35. The van der Waals surface area contributed by atoms with Crippen molar-refractivity contribution < 1.29 is 9.50 Å². The zero-order chi connectivity index (χ0) is 20.7. The number of aromatic nitrogens is 5. The number of imidazole rings is 2. The van der Waals surface area contributed by atoms with Gasteiger partial charge in [-0.05, 0) is 43.2 Å². The average molecular weight is 402 g/mol. The summed E-state index contributed by atoms with van der Waals surface area (Å²) >= 11 is 0. The van der Waals surface area contributed by atoms with Gasteiger partial charge in [0, 0.05) is 11.6 Å². The lowest BCUT2D eigenvalue weighted by atomic mass is 9.92. The maximum absolute atomic E-state index is 13.5. The molecule has 2 atom stereocenters. The van der Waals surface area contributed by atoms with E-state index in [9.17, 15) is 9.50 Å². The van der Waals surface area contributed by atoms with E-state index in [-0.39, 0.29) is 11.9 Å². The molecule has 0 amide bonds. The quantitative estimate of drug-likeness (QED) is 0.515. The molecule has 1 aromatic carbocycles. The van der Waals surface area contributed by atoms with Crippen LogP contribution < -0.4 is 0 Å². The SMILES string of the molecule is [C-]#[N+]c1cnc2ccc(-c3c(-c4ccc(F)cc4)ncn3C3CCCCC3O)nn12. The molecule has 2 unspecified atom stereocenters. The Labute approximate surface area is 172 Å². The van der Waals surface area contributed by atoms with Crippen molar-refractivity contribution in [3.05, 3.63) is 66.2 Å². The fraction of sp³-hybridized carbons (Fsp3) is 0.273. The first kappa shape index (κ1) is 18.5. The molecule has 1 N–H and O–H groups in total. The van der Waals surface area contributed by atoms with Crippen LogP contribution in [0, 0.1) is 12.4 Å². The molecule has 1 fully saturated rings. The smallest absolute Gasteiger partial charge is 0.275 e. The molecule has 3 heterocycles. The van der Waals surface area contributed by atoms with Gasteiger partial charge < -0.3 is 14.5 Å². The summed E-state index contributed by atoms with van der Waals surface area (Å²) in [4.78, 5) is 12.3. The molecule has 0 saturated heterocycles. The van der Waals surface area contributed by atoms with Crippen LogP contribution >= 0.6 is 0 Å². The number of aliphatic hydroxyl groups excluding tert-OH is 1. The molecule has 7 nitrogen and oxygen atoms in total. The number of nitrogens with zero attached hydrogens (tertiary/aromatic N) is 6. The normalized spacial score (nSPS) is 19.1. The van der Waals surface area contributed by atoms with Crippen molar-refractivity contribution in [2.75, 3.05) is 0 Å². The van der Waals surface area contributed by atoms with Crippen LogP contribution in [-0.4, -0.2) is 35.4 Å². The number of aliphatic hydroxyl groups is 1. The second kappa shape index (κ2) is 7.35. The van der Waals surface area contributed by atoms with E-state index >= 15 is 0 Å². The predicted octanol–water partition coefficient (Wildman–Crippen LogP) is 4.43. The molecule has 5 rings (SSSR count). The van der Waals surface area contributed by atoms with E-state index in [1.165, 1.54) is 22.8 Å². The monoisotopic (exact) mass is 402 g/mol. The predicted molar refractivity (Wildman–Crippen MR) is 109 cm³/mol. The average Bonchev–Trinajstić information content (AvgIpc) is 3.38.